The molecule has 23 heavy (non-hydrogen) atoms. The molecule has 1 aliphatic heterocycles. The van der Waals surface area contributed by atoms with Gasteiger partial charge in [-0.05, 0) is 65.2 Å². The Morgan fingerprint density at radius 3 is 2.57 bits per heavy atom. The van der Waals surface area contributed by atoms with E-state index in [-0.39, 0.29) is 11.8 Å². The molecular weight excluding hydrogens is 358 g/mol. The molecule has 5 nitrogen and oxygen atoms in total. The van der Waals surface area contributed by atoms with E-state index in [1.54, 1.807) is 29.3 Å². The van der Waals surface area contributed by atoms with Crippen LogP contribution in [0.1, 0.15) is 29.6 Å². The molecule has 118 valence electrons. The summed E-state index contributed by atoms with van der Waals surface area (Å²) in [7, 11) is 0. The van der Waals surface area contributed by atoms with Crippen LogP contribution in [0.15, 0.2) is 47.1 Å². The van der Waals surface area contributed by atoms with Gasteiger partial charge in [0.1, 0.15) is 5.82 Å². The Morgan fingerprint density at radius 2 is 1.91 bits per heavy atom. The number of carbonyl (C=O) groups is 2. The van der Waals surface area contributed by atoms with Crippen molar-refractivity contribution in [2.75, 3.05) is 16.8 Å². The van der Waals surface area contributed by atoms with Crippen molar-refractivity contribution in [2.24, 2.45) is 0 Å². The maximum atomic E-state index is 12.2. The summed E-state index contributed by atoms with van der Waals surface area (Å²) in [5, 5.41) is 2.74. The average Bonchev–Trinajstić information content (AvgIpc) is 2.57. The molecule has 1 N–H and O–H groups in total. The van der Waals surface area contributed by atoms with Crippen molar-refractivity contribution in [1.82, 2.24) is 4.98 Å². The topological polar surface area (TPSA) is 62.3 Å². The Labute approximate surface area is 142 Å². The zero-order valence-electron chi connectivity index (χ0n) is 12.5. The van der Waals surface area contributed by atoms with Gasteiger partial charge in [0.25, 0.3) is 5.91 Å². The van der Waals surface area contributed by atoms with E-state index >= 15 is 0 Å². The Hall–Kier alpha value is -2.21. The van der Waals surface area contributed by atoms with E-state index in [2.05, 4.69) is 26.2 Å². The number of carbonyl (C=O) groups excluding carboxylic acids is 2. The summed E-state index contributed by atoms with van der Waals surface area (Å²) in [5.41, 5.74) is 1.37. The molecule has 3 rings (SSSR count). The van der Waals surface area contributed by atoms with Crippen LogP contribution in [0.5, 0.6) is 0 Å². The van der Waals surface area contributed by atoms with Crippen molar-refractivity contribution in [3.8, 4) is 0 Å². The summed E-state index contributed by atoms with van der Waals surface area (Å²) in [6.45, 7) is 0.743. The summed E-state index contributed by atoms with van der Waals surface area (Å²) in [6.07, 6.45) is 4.19. The third kappa shape index (κ3) is 3.76. The number of rotatable bonds is 3. The lowest BCUT2D eigenvalue weighted by Gasteiger charge is -2.26. The summed E-state index contributed by atoms with van der Waals surface area (Å²) in [6, 6.07) is 10.6. The van der Waals surface area contributed by atoms with Gasteiger partial charge >= 0.3 is 0 Å². The highest BCUT2D eigenvalue weighted by atomic mass is 79.9. The van der Waals surface area contributed by atoms with E-state index in [1.165, 1.54) is 0 Å². The lowest BCUT2D eigenvalue weighted by Crippen LogP contribution is -2.35. The van der Waals surface area contributed by atoms with E-state index in [1.807, 2.05) is 18.2 Å². The van der Waals surface area contributed by atoms with Crippen molar-refractivity contribution in [3.05, 3.63) is 52.6 Å². The number of nitrogens with zero attached hydrogens (tertiary/aromatic N) is 2. The normalized spacial score (nSPS) is 14.7. The first kappa shape index (κ1) is 15.7. The number of anilines is 2. The standard InChI is InChI=1S/C17H16BrN3O2/c18-13-6-9-15(19-11-13)20-17(23)12-4-7-14(8-5-12)21-10-2-1-3-16(21)22/h4-9,11H,1-3,10H2,(H,19,20,23). The molecule has 1 fully saturated rings. The molecule has 0 unspecified atom stereocenters. The number of aromatic nitrogens is 1. The fourth-order valence-electron chi connectivity index (χ4n) is 2.51. The summed E-state index contributed by atoms with van der Waals surface area (Å²) < 4.78 is 0.853. The number of hydrogen-bond donors (Lipinski definition) is 1. The Balaban J connectivity index is 1.70. The third-order valence-corrected chi connectivity index (χ3v) is 4.20. The number of piperidine rings is 1. The van der Waals surface area contributed by atoms with Gasteiger partial charge in [-0.1, -0.05) is 0 Å². The predicted molar refractivity (Wildman–Crippen MR) is 92.5 cm³/mol. The van der Waals surface area contributed by atoms with Crippen LogP contribution in [0, 0.1) is 0 Å². The number of pyridine rings is 1. The molecule has 6 heteroatoms. The van der Waals surface area contributed by atoms with E-state index in [0.717, 1.165) is 29.5 Å². The number of halogens is 1. The first-order chi connectivity index (χ1) is 11.1. The zero-order valence-corrected chi connectivity index (χ0v) is 14.0. The smallest absolute Gasteiger partial charge is 0.256 e. The van der Waals surface area contributed by atoms with E-state index in [0.29, 0.717) is 17.8 Å². The first-order valence-electron chi connectivity index (χ1n) is 7.47. The van der Waals surface area contributed by atoms with Gasteiger partial charge in [0.05, 0.1) is 0 Å². The van der Waals surface area contributed by atoms with Crippen molar-refractivity contribution in [2.45, 2.75) is 19.3 Å². The van der Waals surface area contributed by atoms with Gasteiger partial charge in [-0.25, -0.2) is 4.98 Å². The van der Waals surface area contributed by atoms with Crippen LogP contribution in [-0.4, -0.2) is 23.3 Å². The van der Waals surface area contributed by atoms with Crippen LogP contribution >= 0.6 is 15.9 Å². The summed E-state index contributed by atoms with van der Waals surface area (Å²) >= 11 is 3.30. The highest BCUT2D eigenvalue weighted by Crippen LogP contribution is 2.21. The molecule has 2 amide bonds. The quantitative estimate of drug-likeness (QED) is 0.893. The first-order valence-corrected chi connectivity index (χ1v) is 8.26. The van der Waals surface area contributed by atoms with Crippen LogP contribution in [0.25, 0.3) is 0 Å². The molecule has 0 spiro atoms. The third-order valence-electron chi connectivity index (χ3n) is 3.73. The van der Waals surface area contributed by atoms with Gasteiger partial charge in [0.2, 0.25) is 5.91 Å². The Kier molecular flexibility index (Phi) is 4.71. The fourth-order valence-corrected chi connectivity index (χ4v) is 2.74. The average molecular weight is 374 g/mol. The summed E-state index contributed by atoms with van der Waals surface area (Å²) in [5.74, 6) is 0.414. The van der Waals surface area contributed by atoms with Gasteiger partial charge in [0.15, 0.2) is 0 Å². The molecule has 0 bridgehead atoms. The minimum atomic E-state index is -0.226. The monoisotopic (exact) mass is 373 g/mol. The number of amides is 2. The molecular formula is C17H16BrN3O2. The molecule has 1 aliphatic rings. The van der Waals surface area contributed by atoms with Crippen molar-refractivity contribution >= 4 is 39.2 Å². The van der Waals surface area contributed by atoms with Crippen LogP contribution in [0.2, 0.25) is 0 Å². The minimum absolute atomic E-state index is 0.146. The molecule has 1 aromatic heterocycles. The van der Waals surface area contributed by atoms with Crippen LogP contribution in [0.3, 0.4) is 0 Å². The second kappa shape index (κ2) is 6.91. The molecule has 2 heterocycles. The van der Waals surface area contributed by atoms with Gasteiger partial charge < -0.3 is 10.2 Å². The van der Waals surface area contributed by atoms with Crippen molar-refractivity contribution < 1.29 is 9.59 Å². The molecule has 0 radical (unpaired) electrons. The predicted octanol–water partition coefficient (Wildman–Crippen LogP) is 3.61. The van der Waals surface area contributed by atoms with Gasteiger partial charge in [0, 0.05) is 34.9 Å². The number of hydrogen-bond acceptors (Lipinski definition) is 3. The second-order valence-corrected chi connectivity index (χ2v) is 6.28. The van der Waals surface area contributed by atoms with Crippen LogP contribution in [0.4, 0.5) is 11.5 Å². The fraction of sp³-hybridized carbons (Fsp3) is 0.235. The molecule has 0 aliphatic carbocycles. The van der Waals surface area contributed by atoms with Gasteiger partial charge in [-0.15, -0.1) is 0 Å². The van der Waals surface area contributed by atoms with E-state index in [4.69, 9.17) is 0 Å². The second-order valence-electron chi connectivity index (χ2n) is 5.37. The number of nitrogens with one attached hydrogen (secondary N) is 1. The zero-order chi connectivity index (χ0) is 16.2. The van der Waals surface area contributed by atoms with Crippen molar-refractivity contribution in [3.63, 3.8) is 0 Å². The maximum Gasteiger partial charge on any atom is 0.256 e. The molecule has 1 aromatic carbocycles. The van der Waals surface area contributed by atoms with E-state index in [9.17, 15) is 9.59 Å². The Morgan fingerprint density at radius 1 is 1.13 bits per heavy atom. The molecule has 0 atom stereocenters. The lowest BCUT2D eigenvalue weighted by molar-refractivity contribution is -0.119. The summed E-state index contributed by atoms with van der Waals surface area (Å²) in [4.78, 5) is 30.0. The van der Waals surface area contributed by atoms with Crippen LogP contribution in [-0.2, 0) is 4.79 Å². The Bertz CT molecular complexity index is 714. The highest BCUT2D eigenvalue weighted by Gasteiger charge is 2.19. The lowest BCUT2D eigenvalue weighted by atomic mass is 10.1. The molecule has 1 saturated heterocycles. The number of benzene rings is 1. The minimum Gasteiger partial charge on any atom is -0.312 e. The van der Waals surface area contributed by atoms with Crippen LogP contribution < -0.4 is 10.2 Å². The highest BCUT2D eigenvalue weighted by molar-refractivity contribution is 9.10. The van der Waals surface area contributed by atoms with Gasteiger partial charge in [-0.3, -0.25) is 9.59 Å². The van der Waals surface area contributed by atoms with E-state index < -0.39 is 0 Å². The van der Waals surface area contributed by atoms with Gasteiger partial charge in [-0.2, -0.15) is 0 Å². The molecule has 2 aromatic rings. The SMILES string of the molecule is O=C(Nc1ccc(Br)cn1)c1ccc(N2CCCCC2=O)cc1. The maximum absolute atomic E-state index is 12.2. The van der Waals surface area contributed by atoms with Crippen molar-refractivity contribution in [1.29, 1.82) is 0 Å². The largest absolute Gasteiger partial charge is 0.312 e. The molecule has 0 saturated carbocycles.